The minimum Gasteiger partial charge on any atom is -0.385 e. The molecule has 0 fully saturated rings. The number of methoxy groups -OCH3 is 1. The summed E-state index contributed by atoms with van der Waals surface area (Å²) in [5, 5.41) is 6.67. The van der Waals surface area contributed by atoms with Crippen LogP contribution >= 0.6 is 11.6 Å². The lowest BCUT2D eigenvalue weighted by molar-refractivity contribution is 0.0943. The lowest BCUT2D eigenvalue weighted by Crippen LogP contribution is -2.26. The summed E-state index contributed by atoms with van der Waals surface area (Å²) in [6.07, 6.45) is 4.61. The Bertz CT molecular complexity index is 649. The predicted octanol–water partition coefficient (Wildman–Crippen LogP) is 2.55. The highest BCUT2D eigenvalue weighted by Gasteiger charge is 2.07. The van der Waals surface area contributed by atoms with Crippen molar-refractivity contribution in [2.75, 3.05) is 32.1 Å². The molecule has 6 nitrogen and oxygen atoms in total. The first-order valence-corrected chi connectivity index (χ1v) is 8.14. The number of halogens is 1. The fraction of sp³-hybridized carbons (Fsp3) is 0.353. The van der Waals surface area contributed by atoms with Crippen molar-refractivity contribution in [2.24, 2.45) is 0 Å². The predicted molar refractivity (Wildman–Crippen MR) is 94.5 cm³/mol. The van der Waals surface area contributed by atoms with Gasteiger partial charge >= 0.3 is 0 Å². The average molecular weight is 349 g/mol. The minimum atomic E-state index is -0.232. The molecule has 0 unspecified atom stereocenters. The molecule has 2 rings (SSSR count). The molecule has 1 amide bonds. The zero-order valence-corrected chi connectivity index (χ0v) is 14.3. The van der Waals surface area contributed by atoms with E-state index in [2.05, 4.69) is 20.6 Å². The van der Waals surface area contributed by atoms with Gasteiger partial charge in [-0.25, -0.2) is 9.97 Å². The Kier molecular flexibility index (Phi) is 7.45. The van der Waals surface area contributed by atoms with Gasteiger partial charge < -0.3 is 15.4 Å². The lowest BCUT2D eigenvalue weighted by Gasteiger charge is -2.07. The van der Waals surface area contributed by atoms with E-state index in [4.69, 9.17) is 16.3 Å². The molecule has 128 valence electrons. The van der Waals surface area contributed by atoms with Gasteiger partial charge in [-0.05, 0) is 30.5 Å². The topological polar surface area (TPSA) is 76.1 Å². The van der Waals surface area contributed by atoms with Crippen molar-refractivity contribution in [2.45, 2.75) is 12.8 Å². The first-order chi connectivity index (χ1) is 11.7. The number of hydrogen-bond donors (Lipinski definition) is 2. The van der Waals surface area contributed by atoms with Crippen LogP contribution < -0.4 is 10.6 Å². The summed E-state index contributed by atoms with van der Waals surface area (Å²) in [6.45, 7) is 1.87. The molecule has 1 aromatic heterocycles. The maximum atomic E-state index is 11.9. The summed E-state index contributed by atoms with van der Waals surface area (Å²) in [7, 11) is 1.63. The molecule has 2 aromatic rings. The van der Waals surface area contributed by atoms with E-state index in [-0.39, 0.29) is 5.91 Å². The molecule has 0 aliphatic rings. The van der Waals surface area contributed by atoms with Crippen LogP contribution in [0.1, 0.15) is 22.5 Å². The van der Waals surface area contributed by atoms with Crippen LogP contribution in [0.4, 0.5) is 5.82 Å². The van der Waals surface area contributed by atoms with Gasteiger partial charge in [-0.15, -0.1) is 0 Å². The molecule has 1 heterocycles. The number of ether oxygens (including phenoxy) is 1. The van der Waals surface area contributed by atoms with E-state index in [0.717, 1.165) is 23.4 Å². The molecule has 24 heavy (non-hydrogen) atoms. The third kappa shape index (κ3) is 6.14. The smallest absolute Gasteiger partial charge is 0.271 e. The molecule has 0 spiro atoms. The Balaban J connectivity index is 1.76. The molecular weight excluding hydrogens is 328 g/mol. The van der Waals surface area contributed by atoms with E-state index in [1.807, 2.05) is 24.3 Å². The summed E-state index contributed by atoms with van der Waals surface area (Å²) >= 11 is 5.95. The maximum Gasteiger partial charge on any atom is 0.271 e. The lowest BCUT2D eigenvalue weighted by atomic mass is 10.1. The molecule has 0 saturated heterocycles. The van der Waals surface area contributed by atoms with Crippen LogP contribution in [-0.4, -0.2) is 42.7 Å². The number of carbonyl (C=O) groups is 1. The number of amides is 1. The molecule has 0 saturated carbocycles. The largest absolute Gasteiger partial charge is 0.385 e. The first-order valence-electron chi connectivity index (χ1n) is 7.76. The van der Waals surface area contributed by atoms with Crippen molar-refractivity contribution in [3.05, 3.63) is 52.9 Å². The van der Waals surface area contributed by atoms with Gasteiger partial charge in [-0.3, -0.25) is 4.79 Å². The first kappa shape index (κ1) is 18.2. The summed E-state index contributed by atoms with van der Waals surface area (Å²) in [4.78, 5) is 20.2. The number of carbonyl (C=O) groups excluding carboxylic acids is 1. The van der Waals surface area contributed by atoms with Crippen LogP contribution in [0.15, 0.2) is 36.7 Å². The molecule has 0 aliphatic carbocycles. The maximum absolute atomic E-state index is 11.9. The molecule has 0 radical (unpaired) electrons. The van der Waals surface area contributed by atoms with Gasteiger partial charge in [0.25, 0.3) is 5.91 Å². The number of hydrogen-bond acceptors (Lipinski definition) is 5. The van der Waals surface area contributed by atoms with E-state index in [9.17, 15) is 4.79 Å². The fourth-order valence-electron chi connectivity index (χ4n) is 2.07. The fourth-order valence-corrected chi connectivity index (χ4v) is 2.29. The van der Waals surface area contributed by atoms with Crippen LogP contribution in [0.25, 0.3) is 0 Å². The number of rotatable bonds is 9. The van der Waals surface area contributed by atoms with Gasteiger partial charge in [0.1, 0.15) is 11.5 Å². The van der Waals surface area contributed by atoms with E-state index in [0.29, 0.717) is 31.2 Å². The summed E-state index contributed by atoms with van der Waals surface area (Å²) in [5.74, 6) is 0.400. The van der Waals surface area contributed by atoms with Crippen LogP contribution in [0, 0.1) is 0 Å². The molecule has 7 heteroatoms. The van der Waals surface area contributed by atoms with E-state index in [1.54, 1.807) is 13.3 Å². The molecular formula is C17H21ClN4O2. The summed E-state index contributed by atoms with van der Waals surface area (Å²) < 4.78 is 4.93. The summed E-state index contributed by atoms with van der Waals surface area (Å²) in [5.41, 5.74) is 1.45. The zero-order valence-electron chi connectivity index (χ0n) is 13.6. The monoisotopic (exact) mass is 348 g/mol. The van der Waals surface area contributed by atoms with Crippen LogP contribution in [0.5, 0.6) is 0 Å². The van der Waals surface area contributed by atoms with E-state index < -0.39 is 0 Å². The average Bonchev–Trinajstić information content (AvgIpc) is 2.59. The van der Waals surface area contributed by atoms with Crippen molar-refractivity contribution >= 4 is 23.3 Å². The number of nitrogens with one attached hydrogen (secondary N) is 2. The van der Waals surface area contributed by atoms with Gasteiger partial charge in [0.05, 0.1) is 12.4 Å². The van der Waals surface area contributed by atoms with Crippen molar-refractivity contribution in [1.29, 1.82) is 0 Å². The highest BCUT2D eigenvalue weighted by molar-refractivity contribution is 6.30. The third-order valence-electron chi connectivity index (χ3n) is 3.30. The normalized spacial score (nSPS) is 10.4. The Hall–Kier alpha value is -2.18. The third-order valence-corrected chi connectivity index (χ3v) is 3.54. The quantitative estimate of drug-likeness (QED) is 0.681. The zero-order chi connectivity index (χ0) is 17.2. The Morgan fingerprint density at radius 1 is 1.25 bits per heavy atom. The SMILES string of the molecule is COCCCNC(=O)c1cnc(NCCc2cccc(Cl)c2)cn1. The number of nitrogens with zero attached hydrogens (tertiary/aromatic N) is 2. The minimum absolute atomic E-state index is 0.232. The molecule has 0 atom stereocenters. The van der Waals surface area contributed by atoms with E-state index in [1.165, 1.54) is 6.20 Å². The van der Waals surface area contributed by atoms with Gasteiger partial charge in [-0.2, -0.15) is 0 Å². The summed E-state index contributed by atoms with van der Waals surface area (Å²) in [6, 6.07) is 7.74. The van der Waals surface area contributed by atoms with Gasteiger partial charge in [0, 0.05) is 31.8 Å². The highest BCUT2D eigenvalue weighted by atomic mass is 35.5. The Morgan fingerprint density at radius 2 is 2.12 bits per heavy atom. The van der Waals surface area contributed by atoms with Crippen LogP contribution in [0.3, 0.4) is 0 Å². The number of aromatic nitrogens is 2. The van der Waals surface area contributed by atoms with Gasteiger partial charge in [0.15, 0.2) is 0 Å². The Morgan fingerprint density at radius 3 is 2.83 bits per heavy atom. The number of benzene rings is 1. The second kappa shape index (κ2) is 9.85. The highest BCUT2D eigenvalue weighted by Crippen LogP contribution is 2.11. The molecule has 0 aliphatic heterocycles. The number of anilines is 1. The molecule has 1 aromatic carbocycles. The van der Waals surface area contributed by atoms with Crippen LogP contribution in [-0.2, 0) is 11.2 Å². The van der Waals surface area contributed by atoms with E-state index >= 15 is 0 Å². The second-order valence-electron chi connectivity index (χ2n) is 5.20. The van der Waals surface area contributed by atoms with Crippen molar-refractivity contribution in [3.63, 3.8) is 0 Å². The van der Waals surface area contributed by atoms with Crippen molar-refractivity contribution in [3.8, 4) is 0 Å². The van der Waals surface area contributed by atoms with Crippen molar-refractivity contribution < 1.29 is 9.53 Å². The Labute approximate surface area is 146 Å². The molecule has 0 bridgehead atoms. The van der Waals surface area contributed by atoms with Gasteiger partial charge in [0.2, 0.25) is 0 Å². The standard InChI is InChI=1S/C17H21ClN4O2/c1-24-9-3-7-20-17(23)15-11-22-16(12-21-15)19-8-6-13-4-2-5-14(18)10-13/h2,4-5,10-12H,3,6-9H2,1H3,(H,19,22)(H,20,23). The van der Waals surface area contributed by atoms with Gasteiger partial charge in [-0.1, -0.05) is 23.7 Å². The second-order valence-corrected chi connectivity index (χ2v) is 5.63. The van der Waals surface area contributed by atoms with Crippen LogP contribution in [0.2, 0.25) is 5.02 Å². The van der Waals surface area contributed by atoms with Crippen molar-refractivity contribution in [1.82, 2.24) is 15.3 Å². The molecule has 2 N–H and O–H groups in total.